The van der Waals surface area contributed by atoms with Crippen molar-refractivity contribution in [3.8, 4) is 34.3 Å². The van der Waals surface area contributed by atoms with Crippen molar-refractivity contribution in [3.05, 3.63) is 188 Å². The lowest BCUT2D eigenvalue weighted by atomic mass is 10.1. The van der Waals surface area contributed by atoms with Crippen LogP contribution in [0.3, 0.4) is 0 Å². The zero-order valence-electron chi connectivity index (χ0n) is 64.8. The summed E-state index contributed by atoms with van der Waals surface area (Å²) in [6.07, 6.45) is 32.3. The quantitative estimate of drug-likeness (QED) is 0.0432. The van der Waals surface area contributed by atoms with Crippen LogP contribution in [0.2, 0.25) is 0 Å². The number of methoxy groups -OCH3 is 4. The third-order valence-corrected chi connectivity index (χ3v) is 31.1. The molecule has 1 aliphatic carbocycles. The third kappa shape index (κ3) is 18.1. The van der Waals surface area contributed by atoms with Gasteiger partial charge in [0.05, 0.1) is 88.6 Å². The number of nitrogens with one attached hydrogen (secondary N) is 4. The maximum atomic E-state index is 13.3. The van der Waals surface area contributed by atoms with Gasteiger partial charge in [-0.25, -0.2) is 39.4 Å². The highest BCUT2D eigenvalue weighted by Crippen LogP contribution is 2.51. The number of anilines is 7. The Balaban J connectivity index is 0.000000138. The second kappa shape index (κ2) is 35.0. The molecule has 1 fully saturated rings. The Kier molecular flexibility index (Phi) is 25.2. The van der Waals surface area contributed by atoms with E-state index in [0.717, 1.165) is 98.3 Å². The number of rotatable bonds is 23. The molecule has 0 amide bonds. The van der Waals surface area contributed by atoms with Crippen molar-refractivity contribution in [3.63, 3.8) is 0 Å². The first-order valence-corrected chi connectivity index (χ1v) is 45.6. The number of allylic oxidation sites excluding steroid dienone is 2. The minimum absolute atomic E-state index is 0.181. The molecule has 2 unspecified atom stereocenters. The van der Waals surface area contributed by atoms with Crippen molar-refractivity contribution in [1.29, 1.82) is 0 Å². The van der Waals surface area contributed by atoms with Crippen LogP contribution in [0.15, 0.2) is 176 Å². The van der Waals surface area contributed by atoms with Gasteiger partial charge in [-0.1, -0.05) is 89.6 Å². The lowest BCUT2D eigenvalue weighted by Gasteiger charge is -2.24. The molecule has 29 nitrogen and oxygen atoms in total. The number of aryl methyl sites for hydroxylation is 1. The Morgan fingerprint density at radius 3 is 1.97 bits per heavy atom. The maximum Gasteiger partial charge on any atom is 0.254 e. The standard InChI is InChI=1S/C20H21N6O2P.C20H24N5O2P.C20H25N4O2P.C18H25N6O2P/c1-28-16-8-14(9-21-11-16)10-23-20-24-13-19-22-12-18(26(19)25-20)15-4-6-17(7-5-15)29(2,3)27;1-4-28(26,5-2)14-10-11-16(18(12-14)27-3)22-19-21-13-25-17-9-7-6-8-15(17)23-20(25)24-19;1-3-15-12-22-20-13-21-19(14-24(15)20)23-17-8-7-16(11-18(17)26-2)27(25)9-5-4-6-10-27;1-6-27(25,7-2)13-8-9-14(15(10-13)26-5)21-16-11-17-19-12-20-24(17)18(22-16)23(3)4/h4-9,11-13H,10H2,1-3H3,(H,23,25);6-13,15,17H,4-5H2,1-3H3,(H,22,23,24);7-8,11-14,23H,3-6,9-10H2,1-2H3;8-12,21H,6-7H2,1-5H3. The molecule has 4 aromatic carbocycles. The molecule has 2 aliphatic heterocycles. The summed E-state index contributed by atoms with van der Waals surface area (Å²) in [5.74, 6) is 5.80. The van der Waals surface area contributed by atoms with Crippen LogP contribution in [0.25, 0.3) is 28.2 Å². The fourth-order valence-electron chi connectivity index (χ4n) is 13.1. The second-order valence-corrected chi connectivity index (χ2v) is 40.7. The van der Waals surface area contributed by atoms with E-state index in [1.165, 1.54) is 12.7 Å². The van der Waals surface area contributed by atoms with Crippen LogP contribution in [-0.4, -0.2) is 172 Å². The minimum Gasteiger partial charge on any atom is -0.495 e. The van der Waals surface area contributed by atoms with Crippen molar-refractivity contribution in [2.45, 2.75) is 78.9 Å². The molecule has 12 aromatic rings. The highest BCUT2D eigenvalue weighted by Gasteiger charge is 2.31. The zero-order chi connectivity index (χ0) is 78.6. The van der Waals surface area contributed by atoms with Crippen molar-refractivity contribution < 1.29 is 37.2 Å². The van der Waals surface area contributed by atoms with E-state index in [1.54, 1.807) is 88.1 Å². The van der Waals surface area contributed by atoms with Crippen molar-refractivity contribution in [2.75, 3.05) is 119 Å². The molecule has 0 bridgehead atoms. The Morgan fingerprint density at radius 1 is 0.631 bits per heavy atom. The van der Waals surface area contributed by atoms with Crippen LogP contribution >= 0.6 is 28.6 Å². The molecular weight excluding hydrogens is 1480 g/mol. The molecule has 0 saturated carbocycles. The summed E-state index contributed by atoms with van der Waals surface area (Å²) in [5.41, 5.74) is 8.56. The summed E-state index contributed by atoms with van der Waals surface area (Å²) in [7, 11) is 0.921. The number of nitrogens with zero attached hydrogens (tertiary/aromatic N) is 17. The maximum absolute atomic E-state index is 13.3. The first-order chi connectivity index (χ1) is 53.5. The molecule has 0 spiro atoms. The van der Waals surface area contributed by atoms with E-state index in [0.29, 0.717) is 100 Å². The van der Waals surface area contributed by atoms with Gasteiger partial charge in [0.15, 0.2) is 16.9 Å². The molecule has 1 saturated heterocycles. The van der Waals surface area contributed by atoms with Crippen LogP contribution in [0.5, 0.6) is 23.0 Å². The van der Waals surface area contributed by atoms with Crippen LogP contribution in [-0.2, 0) is 31.2 Å². The summed E-state index contributed by atoms with van der Waals surface area (Å²) in [4.78, 5) is 45.9. The van der Waals surface area contributed by atoms with Crippen LogP contribution < -0.4 is 72.0 Å². The van der Waals surface area contributed by atoms with E-state index < -0.39 is 28.6 Å². The molecular formula is C78H95N21O8P4. The van der Waals surface area contributed by atoms with Crippen LogP contribution in [0.1, 0.15) is 71.2 Å². The highest BCUT2D eigenvalue weighted by atomic mass is 31.2. The Hall–Kier alpha value is -10.8. The number of ether oxygens (including phenoxy) is 4. The first-order valence-electron chi connectivity index (χ1n) is 36.8. The predicted octanol–water partition coefficient (Wildman–Crippen LogP) is 13.3. The van der Waals surface area contributed by atoms with Gasteiger partial charge in [-0.15, -0.1) is 5.10 Å². The van der Waals surface area contributed by atoms with E-state index in [4.69, 9.17) is 18.9 Å². The van der Waals surface area contributed by atoms with Gasteiger partial charge in [-0.2, -0.15) is 19.6 Å². The van der Waals surface area contributed by atoms with Crippen molar-refractivity contribution in [2.24, 2.45) is 4.99 Å². The van der Waals surface area contributed by atoms with Crippen molar-refractivity contribution >= 4 is 113 Å². The summed E-state index contributed by atoms with van der Waals surface area (Å²) < 4.78 is 80.8. The van der Waals surface area contributed by atoms with Gasteiger partial charge in [0.25, 0.3) is 5.62 Å². The average molecular weight is 1580 g/mol. The van der Waals surface area contributed by atoms with Gasteiger partial charge in [0, 0.05) is 109 Å². The highest BCUT2D eigenvalue weighted by molar-refractivity contribution is 7.72. The molecule has 2 atom stereocenters. The Bertz CT molecular complexity index is 5630. The zero-order valence-corrected chi connectivity index (χ0v) is 68.3. The molecule has 0 radical (unpaired) electrons. The number of benzene rings is 4. The number of hydrogen-bond donors (Lipinski definition) is 4. The van der Waals surface area contributed by atoms with Gasteiger partial charge >= 0.3 is 0 Å². The van der Waals surface area contributed by atoms with Gasteiger partial charge in [-0.05, 0) is 98.8 Å². The molecule has 3 aliphatic rings. The molecule has 580 valence electrons. The van der Waals surface area contributed by atoms with E-state index in [9.17, 15) is 18.3 Å². The summed E-state index contributed by atoms with van der Waals surface area (Å²) in [6.45, 7) is 14.0. The van der Waals surface area contributed by atoms with Crippen molar-refractivity contribution in [1.82, 2.24) is 73.1 Å². The Labute approximate surface area is 645 Å². The Morgan fingerprint density at radius 2 is 1.29 bits per heavy atom. The predicted molar refractivity (Wildman–Crippen MR) is 444 cm³/mol. The number of aromatic nitrogens is 15. The first kappa shape index (κ1) is 79.7. The molecule has 111 heavy (non-hydrogen) atoms. The summed E-state index contributed by atoms with van der Waals surface area (Å²) >= 11 is 0. The molecule has 4 N–H and O–H groups in total. The molecule has 8 aromatic heterocycles. The fraction of sp³-hybridized carbons (Fsp3) is 0.333. The number of imidazole rings is 2. The number of hydrogen-bond acceptors (Lipinski definition) is 25. The van der Waals surface area contributed by atoms with E-state index in [-0.39, 0.29) is 12.1 Å². The molecule has 15 rings (SSSR count). The lowest BCUT2D eigenvalue weighted by molar-refractivity contribution is 0.412. The monoisotopic (exact) mass is 1580 g/mol. The third-order valence-electron chi connectivity index (χ3n) is 19.7. The van der Waals surface area contributed by atoms with Crippen LogP contribution in [0.4, 0.5) is 46.5 Å². The number of fused-ring (bicyclic) bond motifs is 6. The van der Waals surface area contributed by atoms with Gasteiger partial charge in [0.1, 0.15) is 81.5 Å². The molecule has 10 heterocycles. The van der Waals surface area contributed by atoms with E-state index in [1.807, 2.05) is 171 Å². The number of pyridine rings is 1. The van der Waals surface area contributed by atoms with Gasteiger partial charge < -0.3 is 63.4 Å². The topological polar surface area (TPSA) is 329 Å². The molecule has 33 heteroatoms. The minimum atomic E-state index is -2.38. The van der Waals surface area contributed by atoms with Gasteiger partial charge in [0.2, 0.25) is 17.8 Å². The largest absolute Gasteiger partial charge is 0.495 e. The summed E-state index contributed by atoms with van der Waals surface area (Å²) in [6, 6.07) is 28.8. The SMILES string of the molecule is CCP(=O)(CC)c1ccc(N=c2ncn3c(n2)NC2C=CC=CC23)c(OC)c1.CCP(=O)(CC)c1ccc(Nc2cc3ncnn3c(N(C)C)n2)c(OC)c1.CCc1cnc2cnc(Nc3ccc(P4(=O)CCCCC4)cc3OC)cn12.COc1cncc(CNc2ncc3ncc(-c4ccc(P(C)(C)=O)cc4)n3n2)c1. The normalized spacial score (nSPS) is 15.0. The average Bonchev–Trinajstić information content (AvgIpc) is 1.74. The second-order valence-electron chi connectivity index (χ2n) is 27.2. The van der Waals surface area contributed by atoms with Gasteiger partial charge in [-0.3, -0.25) is 14.0 Å². The summed E-state index contributed by atoms with van der Waals surface area (Å²) in [5, 5.41) is 25.4. The van der Waals surface area contributed by atoms with Crippen LogP contribution in [0, 0.1) is 0 Å². The lowest BCUT2D eigenvalue weighted by Crippen LogP contribution is -2.19. The van der Waals surface area contributed by atoms with E-state index >= 15 is 0 Å². The fourth-order valence-corrected chi connectivity index (χ4v) is 20.7. The smallest absolute Gasteiger partial charge is 0.254 e. The van der Waals surface area contributed by atoms with E-state index in [2.05, 4.69) is 100 Å².